The molecule has 2 rings (SSSR count). The maximum absolute atomic E-state index is 12.5. The second-order valence-corrected chi connectivity index (χ2v) is 7.78. The maximum atomic E-state index is 12.5. The molecule has 6 nitrogen and oxygen atoms in total. The van der Waals surface area contributed by atoms with Crippen LogP contribution in [0.4, 0.5) is 10.5 Å². The predicted octanol–water partition coefficient (Wildman–Crippen LogP) is 2.60. The SMILES string of the molecule is CC(C)(C)OC(=O)N1C[C@@H](O)C[C@H]1C(=O)Nc1ccc(I)cc1. The lowest BCUT2D eigenvalue weighted by Gasteiger charge is -2.27. The van der Waals surface area contributed by atoms with Crippen molar-refractivity contribution in [1.82, 2.24) is 4.90 Å². The van der Waals surface area contributed by atoms with Crippen LogP contribution in [0, 0.1) is 3.57 Å². The summed E-state index contributed by atoms with van der Waals surface area (Å²) >= 11 is 2.18. The number of aliphatic hydroxyl groups is 1. The molecular formula is C16H21IN2O4. The number of aliphatic hydroxyl groups excluding tert-OH is 1. The molecule has 126 valence electrons. The highest BCUT2D eigenvalue weighted by molar-refractivity contribution is 14.1. The number of anilines is 1. The van der Waals surface area contributed by atoms with Crippen LogP contribution in [0.3, 0.4) is 0 Å². The van der Waals surface area contributed by atoms with Gasteiger partial charge in [-0.25, -0.2) is 4.79 Å². The van der Waals surface area contributed by atoms with E-state index in [0.717, 1.165) is 3.57 Å². The number of nitrogens with zero attached hydrogens (tertiary/aromatic N) is 1. The van der Waals surface area contributed by atoms with E-state index < -0.39 is 23.8 Å². The first-order valence-electron chi connectivity index (χ1n) is 7.40. The van der Waals surface area contributed by atoms with Gasteiger partial charge in [-0.15, -0.1) is 0 Å². The molecule has 0 aromatic heterocycles. The van der Waals surface area contributed by atoms with Crippen molar-refractivity contribution in [3.05, 3.63) is 27.8 Å². The fourth-order valence-corrected chi connectivity index (χ4v) is 2.70. The molecule has 1 saturated heterocycles. The summed E-state index contributed by atoms with van der Waals surface area (Å²) in [6.07, 6.45) is -1.11. The second-order valence-electron chi connectivity index (χ2n) is 6.53. The molecule has 1 heterocycles. The fourth-order valence-electron chi connectivity index (χ4n) is 2.34. The molecule has 0 radical (unpaired) electrons. The zero-order valence-electron chi connectivity index (χ0n) is 13.4. The molecule has 7 heteroatoms. The molecule has 1 aromatic carbocycles. The number of amides is 2. The van der Waals surface area contributed by atoms with Crippen LogP contribution in [0.2, 0.25) is 0 Å². The smallest absolute Gasteiger partial charge is 0.411 e. The maximum Gasteiger partial charge on any atom is 0.411 e. The van der Waals surface area contributed by atoms with Crippen LogP contribution in [0.1, 0.15) is 27.2 Å². The first kappa shape index (κ1) is 18.0. The number of benzene rings is 1. The van der Waals surface area contributed by atoms with Crippen molar-refractivity contribution in [1.29, 1.82) is 0 Å². The molecule has 1 aliphatic heterocycles. The third-order valence-corrected chi connectivity index (χ3v) is 4.04. The molecule has 1 aliphatic rings. The predicted molar refractivity (Wildman–Crippen MR) is 95.1 cm³/mol. The summed E-state index contributed by atoms with van der Waals surface area (Å²) in [6.45, 7) is 5.38. The minimum absolute atomic E-state index is 0.0969. The third kappa shape index (κ3) is 5.07. The van der Waals surface area contributed by atoms with Gasteiger partial charge < -0.3 is 15.2 Å². The van der Waals surface area contributed by atoms with Crippen molar-refractivity contribution in [3.63, 3.8) is 0 Å². The lowest BCUT2D eigenvalue weighted by molar-refractivity contribution is -0.120. The molecule has 0 bridgehead atoms. The van der Waals surface area contributed by atoms with Crippen LogP contribution in [-0.4, -0.2) is 46.3 Å². The van der Waals surface area contributed by atoms with Gasteiger partial charge in [-0.1, -0.05) is 0 Å². The van der Waals surface area contributed by atoms with E-state index in [1.165, 1.54) is 4.90 Å². The van der Waals surface area contributed by atoms with E-state index in [4.69, 9.17) is 4.74 Å². The Labute approximate surface area is 149 Å². The average Bonchev–Trinajstić information content (AvgIpc) is 2.82. The van der Waals surface area contributed by atoms with Crippen LogP contribution in [0.5, 0.6) is 0 Å². The molecule has 2 atom stereocenters. The van der Waals surface area contributed by atoms with Crippen molar-refractivity contribution in [2.45, 2.75) is 44.9 Å². The minimum atomic E-state index is -0.737. The number of ether oxygens (including phenoxy) is 1. The van der Waals surface area contributed by atoms with Crippen LogP contribution in [0.25, 0.3) is 0 Å². The third-order valence-electron chi connectivity index (χ3n) is 3.32. The quantitative estimate of drug-likeness (QED) is 0.705. The first-order valence-corrected chi connectivity index (χ1v) is 8.48. The zero-order chi connectivity index (χ0) is 17.2. The Hall–Kier alpha value is -1.35. The Morgan fingerprint density at radius 2 is 1.91 bits per heavy atom. The van der Waals surface area contributed by atoms with Crippen molar-refractivity contribution >= 4 is 40.3 Å². The van der Waals surface area contributed by atoms with Crippen molar-refractivity contribution < 1.29 is 19.4 Å². The summed E-state index contributed by atoms with van der Waals surface area (Å²) in [5.41, 5.74) is 0.00263. The molecular weight excluding hydrogens is 411 g/mol. The number of carbonyl (C=O) groups excluding carboxylic acids is 2. The summed E-state index contributed by atoms with van der Waals surface area (Å²) in [7, 11) is 0. The summed E-state index contributed by atoms with van der Waals surface area (Å²) < 4.78 is 6.37. The van der Waals surface area contributed by atoms with Gasteiger partial charge in [-0.05, 0) is 67.6 Å². The molecule has 0 unspecified atom stereocenters. The lowest BCUT2D eigenvalue weighted by atomic mass is 10.2. The minimum Gasteiger partial charge on any atom is -0.444 e. The topological polar surface area (TPSA) is 78.9 Å². The highest BCUT2D eigenvalue weighted by Gasteiger charge is 2.40. The van der Waals surface area contributed by atoms with Gasteiger partial charge in [0.15, 0.2) is 0 Å². The van der Waals surface area contributed by atoms with E-state index in [1.807, 2.05) is 12.1 Å². The van der Waals surface area contributed by atoms with Gasteiger partial charge in [0.05, 0.1) is 12.6 Å². The van der Waals surface area contributed by atoms with E-state index >= 15 is 0 Å². The molecule has 0 aliphatic carbocycles. The lowest BCUT2D eigenvalue weighted by Crippen LogP contribution is -2.45. The van der Waals surface area contributed by atoms with Gasteiger partial charge in [0.25, 0.3) is 0 Å². The normalized spacial score (nSPS) is 21.2. The Bertz CT molecular complexity index is 583. The molecule has 1 aromatic rings. The first-order chi connectivity index (χ1) is 10.7. The van der Waals surface area contributed by atoms with Gasteiger partial charge in [0.2, 0.25) is 5.91 Å². The van der Waals surface area contributed by atoms with Crippen LogP contribution in [0.15, 0.2) is 24.3 Å². The van der Waals surface area contributed by atoms with Crippen molar-refractivity contribution in [3.8, 4) is 0 Å². The number of nitrogens with one attached hydrogen (secondary N) is 1. The highest BCUT2D eigenvalue weighted by Crippen LogP contribution is 2.23. The molecule has 1 fully saturated rings. The van der Waals surface area contributed by atoms with Crippen molar-refractivity contribution in [2.75, 3.05) is 11.9 Å². The Balaban J connectivity index is 2.07. The number of hydrogen-bond acceptors (Lipinski definition) is 4. The van der Waals surface area contributed by atoms with Gasteiger partial charge >= 0.3 is 6.09 Å². The van der Waals surface area contributed by atoms with Gasteiger partial charge in [-0.3, -0.25) is 9.69 Å². The fraction of sp³-hybridized carbons (Fsp3) is 0.500. The highest BCUT2D eigenvalue weighted by atomic mass is 127. The van der Waals surface area contributed by atoms with Gasteiger partial charge in [0.1, 0.15) is 11.6 Å². The Morgan fingerprint density at radius 1 is 1.30 bits per heavy atom. The molecule has 2 amide bonds. The summed E-state index contributed by atoms with van der Waals surface area (Å²) in [5, 5.41) is 12.6. The Morgan fingerprint density at radius 3 is 2.48 bits per heavy atom. The number of rotatable bonds is 2. The second kappa shape index (κ2) is 7.04. The number of likely N-dealkylation sites (tertiary alicyclic amines) is 1. The number of halogens is 1. The van der Waals surface area contributed by atoms with Gasteiger partial charge in [0, 0.05) is 15.7 Å². The summed E-state index contributed by atoms with van der Waals surface area (Å²) in [4.78, 5) is 26.0. The van der Waals surface area contributed by atoms with E-state index in [2.05, 4.69) is 27.9 Å². The monoisotopic (exact) mass is 432 g/mol. The number of hydrogen-bond donors (Lipinski definition) is 2. The standard InChI is InChI=1S/C16H21IN2O4/c1-16(2,3)23-15(22)19-9-12(20)8-13(19)14(21)18-11-6-4-10(17)5-7-11/h4-7,12-13,20H,8-9H2,1-3H3,(H,18,21)/t12-,13-/m0/s1. The molecule has 0 spiro atoms. The Kier molecular flexibility index (Phi) is 5.51. The number of β-amino-alcohol motifs (C(OH)–C–C–N with tert-alkyl or cyclic N) is 1. The van der Waals surface area contributed by atoms with E-state index in [0.29, 0.717) is 5.69 Å². The molecule has 23 heavy (non-hydrogen) atoms. The van der Waals surface area contributed by atoms with E-state index in [-0.39, 0.29) is 18.9 Å². The van der Waals surface area contributed by atoms with E-state index in [1.54, 1.807) is 32.9 Å². The van der Waals surface area contributed by atoms with E-state index in [9.17, 15) is 14.7 Å². The average molecular weight is 432 g/mol. The molecule has 0 saturated carbocycles. The van der Waals surface area contributed by atoms with Crippen molar-refractivity contribution in [2.24, 2.45) is 0 Å². The van der Waals surface area contributed by atoms with Crippen LogP contribution < -0.4 is 5.32 Å². The summed E-state index contributed by atoms with van der Waals surface area (Å²) in [5.74, 6) is -0.325. The number of carbonyl (C=O) groups is 2. The largest absolute Gasteiger partial charge is 0.444 e. The van der Waals surface area contributed by atoms with Crippen LogP contribution in [-0.2, 0) is 9.53 Å². The molecule has 2 N–H and O–H groups in total. The van der Waals surface area contributed by atoms with Crippen LogP contribution >= 0.6 is 22.6 Å². The summed E-state index contributed by atoms with van der Waals surface area (Å²) in [6, 6.07) is 6.61. The van der Waals surface area contributed by atoms with Gasteiger partial charge in [-0.2, -0.15) is 0 Å². The zero-order valence-corrected chi connectivity index (χ0v) is 15.5.